The average molecular weight is 244 g/mol. The van der Waals surface area contributed by atoms with Gasteiger partial charge in [-0.15, -0.1) is 0 Å². The molecule has 5 nitrogen and oxygen atoms in total. The molecule has 2 aromatic rings. The number of carbonyl (C=O) groups is 1. The van der Waals surface area contributed by atoms with E-state index in [2.05, 4.69) is 0 Å². The third-order valence-electron chi connectivity index (χ3n) is 2.60. The van der Waals surface area contributed by atoms with E-state index in [0.717, 1.165) is 5.56 Å². The van der Waals surface area contributed by atoms with Crippen LogP contribution in [0.15, 0.2) is 47.4 Å². The maximum atomic E-state index is 11.7. The Kier molecular flexibility index (Phi) is 3.14. The normalized spacial score (nSPS) is 10.2. The van der Waals surface area contributed by atoms with Crippen LogP contribution in [0.2, 0.25) is 0 Å². The van der Waals surface area contributed by atoms with E-state index in [-0.39, 0.29) is 16.8 Å². The van der Waals surface area contributed by atoms with E-state index in [0.29, 0.717) is 6.54 Å². The standard InChI is InChI=1S/C13H12N2O3/c14-11-2-1-7-15(12(11)16)8-9-3-5-10(6-4-9)13(17)18/h1-7H,8,14H2,(H,17,18). The molecular formula is C13H12N2O3. The number of carboxylic acid groups (broad SMARTS) is 1. The number of aromatic nitrogens is 1. The maximum absolute atomic E-state index is 11.7. The fourth-order valence-electron chi connectivity index (χ4n) is 1.63. The number of pyridine rings is 1. The molecule has 0 unspecified atom stereocenters. The summed E-state index contributed by atoms with van der Waals surface area (Å²) in [5.74, 6) is -0.970. The first-order chi connectivity index (χ1) is 8.58. The van der Waals surface area contributed by atoms with Crippen molar-refractivity contribution in [3.8, 4) is 0 Å². The summed E-state index contributed by atoms with van der Waals surface area (Å²) < 4.78 is 1.48. The van der Waals surface area contributed by atoms with E-state index >= 15 is 0 Å². The summed E-state index contributed by atoms with van der Waals surface area (Å²) in [5, 5.41) is 8.77. The van der Waals surface area contributed by atoms with Gasteiger partial charge in [0.2, 0.25) is 0 Å². The molecule has 0 fully saturated rings. The number of hydrogen-bond donors (Lipinski definition) is 2. The Morgan fingerprint density at radius 2 is 1.89 bits per heavy atom. The number of carboxylic acids is 1. The predicted octanol–water partition coefficient (Wildman–Crippen LogP) is 1.18. The molecule has 0 spiro atoms. The molecular weight excluding hydrogens is 232 g/mol. The first-order valence-corrected chi connectivity index (χ1v) is 5.35. The summed E-state index contributed by atoms with van der Waals surface area (Å²) in [5.41, 5.74) is 6.53. The number of nitrogen functional groups attached to an aromatic ring is 1. The zero-order valence-corrected chi connectivity index (χ0v) is 9.54. The molecule has 2 rings (SSSR count). The smallest absolute Gasteiger partial charge is 0.335 e. The molecule has 0 atom stereocenters. The van der Waals surface area contributed by atoms with Gasteiger partial charge in [0.05, 0.1) is 17.8 Å². The summed E-state index contributed by atoms with van der Waals surface area (Å²) in [6.07, 6.45) is 1.64. The molecule has 1 aromatic heterocycles. The lowest BCUT2D eigenvalue weighted by atomic mass is 10.1. The van der Waals surface area contributed by atoms with Gasteiger partial charge in [-0.1, -0.05) is 12.1 Å². The number of benzene rings is 1. The Balaban J connectivity index is 2.26. The summed E-state index contributed by atoms with van der Waals surface area (Å²) in [6.45, 7) is 0.365. The van der Waals surface area contributed by atoms with Gasteiger partial charge in [0.25, 0.3) is 5.56 Å². The van der Waals surface area contributed by atoms with Gasteiger partial charge in [0, 0.05) is 6.20 Å². The Hall–Kier alpha value is -2.56. The number of hydrogen-bond acceptors (Lipinski definition) is 3. The third-order valence-corrected chi connectivity index (χ3v) is 2.60. The molecule has 1 aromatic carbocycles. The minimum absolute atomic E-state index is 0.194. The van der Waals surface area contributed by atoms with E-state index in [1.807, 2.05) is 0 Å². The van der Waals surface area contributed by atoms with Gasteiger partial charge < -0.3 is 15.4 Å². The van der Waals surface area contributed by atoms with E-state index in [4.69, 9.17) is 10.8 Å². The predicted molar refractivity (Wildman–Crippen MR) is 67.6 cm³/mol. The van der Waals surface area contributed by atoms with Crippen molar-refractivity contribution in [3.05, 3.63) is 64.1 Å². The average Bonchev–Trinajstić information content (AvgIpc) is 2.36. The lowest BCUT2D eigenvalue weighted by Gasteiger charge is -2.06. The van der Waals surface area contributed by atoms with E-state index < -0.39 is 5.97 Å². The fraction of sp³-hybridized carbons (Fsp3) is 0.0769. The lowest BCUT2D eigenvalue weighted by molar-refractivity contribution is 0.0697. The van der Waals surface area contributed by atoms with Crippen molar-refractivity contribution in [3.63, 3.8) is 0 Å². The Bertz CT molecular complexity index is 629. The van der Waals surface area contributed by atoms with Crippen molar-refractivity contribution in [2.24, 2.45) is 0 Å². The maximum Gasteiger partial charge on any atom is 0.335 e. The van der Waals surface area contributed by atoms with Crippen molar-refractivity contribution in [1.82, 2.24) is 4.57 Å². The minimum Gasteiger partial charge on any atom is -0.478 e. The van der Waals surface area contributed by atoms with Gasteiger partial charge in [0.15, 0.2) is 0 Å². The van der Waals surface area contributed by atoms with E-state index in [1.54, 1.807) is 30.5 Å². The fourth-order valence-corrected chi connectivity index (χ4v) is 1.63. The van der Waals surface area contributed by atoms with Crippen LogP contribution in [0.1, 0.15) is 15.9 Å². The van der Waals surface area contributed by atoms with Crippen LogP contribution in [0.4, 0.5) is 5.69 Å². The summed E-state index contributed by atoms with van der Waals surface area (Å²) >= 11 is 0. The summed E-state index contributed by atoms with van der Waals surface area (Å²) in [6, 6.07) is 9.62. The van der Waals surface area contributed by atoms with Gasteiger partial charge in [-0.25, -0.2) is 4.79 Å². The zero-order chi connectivity index (χ0) is 13.1. The molecule has 0 bridgehead atoms. The van der Waals surface area contributed by atoms with Gasteiger partial charge in [-0.3, -0.25) is 4.79 Å². The summed E-state index contributed by atoms with van der Waals surface area (Å²) in [4.78, 5) is 22.4. The van der Waals surface area contributed by atoms with E-state index in [1.165, 1.54) is 16.7 Å². The van der Waals surface area contributed by atoms with Crippen LogP contribution in [-0.2, 0) is 6.54 Å². The highest BCUT2D eigenvalue weighted by Crippen LogP contribution is 2.06. The van der Waals surface area contributed by atoms with Crippen LogP contribution in [-0.4, -0.2) is 15.6 Å². The second-order valence-electron chi connectivity index (χ2n) is 3.90. The van der Waals surface area contributed by atoms with Crippen LogP contribution in [0.5, 0.6) is 0 Å². The molecule has 0 saturated carbocycles. The summed E-state index contributed by atoms with van der Waals surface area (Å²) in [7, 11) is 0. The molecule has 0 aliphatic carbocycles. The Morgan fingerprint density at radius 3 is 2.50 bits per heavy atom. The van der Waals surface area contributed by atoms with Crippen LogP contribution >= 0.6 is 0 Å². The first kappa shape index (κ1) is 11.9. The molecule has 18 heavy (non-hydrogen) atoms. The quantitative estimate of drug-likeness (QED) is 0.848. The van der Waals surface area contributed by atoms with Crippen molar-refractivity contribution >= 4 is 11.7 Å². The molecule has 5 heteroatoms. The highest BCUT2D eigenvalue weighted by atomic mass is 16.4. The van der Waals surface area contributed by atoms with Crippen molar-refractivity contribution in [2.75, 3.05) is 5.73 Å². The molecule has 1 heterocycles. The Labute approximate surface area is 103 Å². The number of aromatic carboxylic acids is 1. The van der Waals surface area contributed by atoms with Crippen molar-refractivity contribution in [2.45, 2.75) is 6.54 Å². The topological polar surface area (TPSA) is 85.3 Å². The second-order valence-corrected chi connectivity index (χ2v) is 3.90. The van der Waals surface area contributed by atoms with Gasteiger partial charge >= 0.3 is 5.97 Å². The van der Waals surface area contributed by atoms with Crippen LogP contribution in [0, 0.1) is 0 Å². The van der Waals surface area contributed by atoms with Crippen LogP contribution in [0.25, 0.3) is 0 Å². The highest BCUT2D eigenvalue weighted by molar-refractivity contribution is 5.87. The zero-order valence-electron chi connectivity index (χ0n) is 9.54. The van der Waals surface area contributed by atoms with Crippen LogP contribution < -0.4 is 11.3 Å². The van der Waals surface area contributed by atoms with E-state index in [9.17, 15) is 9.59 Å². The highest BCUT2D eigenvalue weighted by Gasteiger charge is 2.03. The monoisotopic (exact) mass is 244 g/mol. The second kappa shape index (κ2) is 4.75. The molecule has 0 aliphatic rings. The van der Waals surface area contributed by atoms with Crippen molar-refractivity contribution in [1.29, 1.82) is 0 Å². The molecule has 0 radical (unpaired) electrons. The number of rotatable bonds is 3. The molecule has 92 valence electrons. The van der Waals surface area contributed by atoms with Gasteiger partial charge in [-0.05, 0) is 29.8 Å². The number of nitrogens with two attached hydrogens (primary N) is 1. The minimum atomic E-state index is -0.970. The molecule has 3 N–H and O–H groups in total. The number of anilines is 1. The Morgan fingerprint density at radius 1 is 1.22 bits per heavy atom. The lowest BCUT2D eigenvalue weighted by Crippen LogP contribution is -2.22. The number of nitrogens with zero attached hydrogens (tertiary/aromatic N) is 1. The third kappa shape index (κ3) is 2.40. The largest absolute Gasteiger partial charge is 0.478 e. The molecule has 0 amide bonds. The molecule has 0 saturated heterocycles. The molecule has 0 aliphatic heterocycles. The first-order valence-electron chi connectivity index (χ1n) is 5.35. The SMILES string of the molecule is Nc1cccn(Cc2ccc(C(=O)O)cc2)c1=O. The van der Waals surface area contributed by atoms with Gasteiger partial charge in [0.1, 0.15) is 0 Å². The van der Waals surface area contributed by atoms with Crippen LogP contribution in [0.3, 0.4) is 0 Å². The van der Waals surface area contributed by atoms with Gasteiger partial charge in [-0.2, -0.15) is 0 Å². The van der Waals surface area contributed by atoms with Crippen molar-refractivity contribution < 1.29 is 9.90 Å².